The third kappa shape index (κ3) is 5.07. The van der Waals surface area contributed by atoms with Crippen LogP contribution in [0.2, 0.25) is 0 Å². The molecule has 0 aliphatic heterocycles. The highest BCUT2D eigenvalue weighted by Gasteiger charge is 2.21. The Hall–Kier alpha value is -7.89. The standard InChI is InChI=1S/C53H33N5/c1-2-18-40(19-3-1)57-46-23-11-8-20-41(46)43-29-28-39(33-49(43)57)52-54-51(38-27-26-34-14-4-5-15-35(34)30-38)55-53(56-52)44-22-10-13-25-48(44)58-47-24-12-9-21-42(47)45-31-36-16-6-7-17-37(36)32-50(45)58/h1-33H. The number of fused-ring (bicyclic) bond motifs is 8. The Labute approximate surface area is 333 Å². The first kappa shape index (κ1) is 32.4. The van der Waals surface area contributed by atoms with Crippen molar-refractivity contribution in [2.75, 3.05) is 0 Å². The summed E-state index contributed by atoms with van der Waals surface area (Å²) in [5.41, 5.74) is 9.39. The number of aromatic nitrogens is 5. The van der Waals surface area contributed by atoms with Gasteiger partial charge in [-0.2, -0.15) is 0 Å². The van der Waals surface area contributed by atoms with E-state index in [9.17, 15) is 0 Å². The number of hydrogen-bond donors (Lipinski definition) is 0. The second-order valence-corrected chi connectivity index (χ2v) is 14.9. The van der Waals surface area contributed by atoms with Crippen LogP contribution in [0.15, 0.2) is 200 Å². The van der Waals surface area contributed by atoms with Crippen LogP contribution < -0.4 is 0 Å². The maximum Gasteiger partial charge on any atom is 0.166 e. The van der Waals surface area contributed by atoms with Crippen LogP contribution >= 0.6 is 0 Å². The molecule has 0 aliphatic rings. The van der Waals surface area contributed by atoms with Gasteiger partial charge in [0.2, 0.25) is 0 Å². The summed E-state index contributed by atoms with van der Waals surface area (Å²) in [5, 5.41) is 9.51. The molecule has 0 fully saturated rings. The van der Waals surface area contributed by atoms with Gasteiger partial charge in [0.25, 0.3) is 0 Å². The van der Waals surface area contributed by atoms with Crippen LogP contribution in [0.1, 0.15) is 0 Å². The summed E-state index contributed by atoms with van der Waals surface area (Å²) in [7, 11) is 0. The normalized spacial score (nSPS) is 11.8. The lowest BCUT2D eigenvalue weighted by Crippen LogP contribution is -2.03. The third-order valence-corrected chi connectivity index (χ3v) is 11.5. The summed E-state index contributed by atoms with van der Waals surface area (Å²) in [4.78, 5) is 15.9. The largest absolute Gasteiger partial charge is 0.309 e. The van der Waals surface area contributed by atoms with Crippen LogP contribution in [-0.2, 0) is 0 Å². The van der Waals surface area contributed by atoms with Crippen molar-refractivity contribution in [1.82, 2.24) is 24.1 Å². The molecule has 0 radical (unpaired) electrons. The Kier molecular flexibility index (Phi) is 7.16. The van der Waals surface area contributed by atoms with E-state index in [2.05, 4.69) is 209 Å². The molecule has 12 aromatic rings. The van der Waals surface area contributed by atoms with Gasteiger partial charge in [-0.05, 0) is 82.2 Å². The fourth-order valence-electron chi connectivity index (χ4n) is 8.82. The molecule has 0 bridgehead atoms. The van der Waals surface area contributed by atoms with Gasteiger partial charge < -0.3 is 9.13 Å². The molecule has 3 heterocycles. The molecule has 0 spiro atoms. The highest BCUT2D eigenvalue weighted by molar-refractivity contribution is 6.14. The maximum absolute atomic E-state index is 5.36. The lowest BCUT2D eigenvalue weighted by Gasteiger charge is -2.15. The van der Waals surface area contributed by atoms with Crippen molar-refractivity contribution < 1.29 is 0 Å². The third-order valence-electron chi connectivity index (χ3n) is 11.5. The van der Waals surface area contributed by atoms with Crippen molar-refractivity contribution in [1.29, 1.82) is 0 Å². The molecule has 5 nitrogen and oxygen atoms in total. The lowest BCUT2D eigenvalue weighted by atomic mass is 10.1. The number of rotatable bonds is 5. The summed E-state index contributed by atoms with van der Waals surface area (Å²) in [5.74, 6) is 1.85. The van der Waals surface area contributed by atoms with Crippen LogP contribution in [0, 0.1) is 0 Å². The van der Waals surface area contributed by atoms with Crippen LogP contribution in [0.4, 0.5) is 0 Å². The molecule has 0 saturated carbocycles. The average molecular weight is 740 g/mol. The molecule has 0 saturated heterocycles. The van der Waals surface area contributed by atoms with E-state index >= 15 is 0 Å². The van der Waals surface area contributed by atoms with Gasteiger partial charge in [-0.3, -0.25) is 0 Å². The van der Waals surface area contributed by atoms with E-state index in [1.165, 1.54) is 37.7 Å². The molecule has 9 aromatic carbocycles. The Morgan fingerprint density at radius 3 is 1.59 bits per heavy atom. The minimum Gasteiger partial charge on any atom is -0.309 e. The first-order chi connectivity index (χ1) is 28.7. The zero-order valence-electron chi connectivity index (χ0n) is 31.3. The van der Waals surface area contributed by atoms with Crippen LogP contribution in [0.25, 0.3) is 111 Å². The summed E-state index contributed by atoms with van der Waals surface area (Å²) in [6, 6.07) is 71.0. The van der Waals surface area contributed by atoms with Gasteiger partial charge in [-0.15, -0.1) is 0 Å². The molecule has 0 N–H and O–H groups in total. The number of para-hydroxylation sites is 4. The molecule has 58 heavy (non-hydrogen) atoms. The summed E-state index contributed by atoms with van der Waals surface area (Å²) < 4.78 is 4.71. The fourth-order valence-corrected chi connectivity index (χ4v) is 8.82. The van der Waals surface area contributed by atoms with Gasteiger partial charge in [-0.1, -0.05) is 140 Å². The Balaban J connectivity index is 1.12. The van der Waals surface area contributed by atoms with E-state index in [1.54, 1.807) is 0 Å². The first-order valence-electron chi connectivity index (χ1n) is 19.6. The van der Waals surface area contributed by atoms with Crippen LogP contribution in [0.5, 0.6) is 0 Å². The van der Waals surface area contributed by atoms with E-state index in [0.29, 0.717) is 17.5 Å². The van der Waals surface area contributed by atoms with E-state index in [0.717, 1.165) is 55.5 Å². The second-order valence-electron chi connectivity index (χ2n) is 14.9. The zero-order valence-corrected chi connectivity index (χ0v) is 31.3. The van der Waals surface area contributed by atoms with Gasteiger partial charge in [0.15, 0.2) is 17.5 Å². The molecular formula is C53H33N5. The fraction of sp³-hybridized carbons (Fsp3) is 0. The van der Waals surface area contributed by atoms with Crippen molar-refractivity contribution in [2.24, 2.45) is 0 Å². The highest BCUT2D eigenvalue weighted by Crippen LogP contribution is 2.39. The minimum atomic E-state index is 0.610. The number of hydrogen-bond acceptors (Lipinski definition) is 3. The molecule has 0 atom stereocenters. The van der Waals surface area contributed by atoms with Crippen molar-refractivity contribution >= 4 is 65.2 Å². The van der Waals surface area contributed by atoms with E-state index in [4.69, 9.17) is 15.0 Å². The van der Waals surface area contributed by atoms with Crippen LogP contribution in [-0.4, -0.2) is 24.1 Å². The molecule has 270 valence electrons. The zero-order chi connectivity index (χ0) is 38.2. The predicted octanol–water partition coefficient (Wildman–Crippen LogP) is 13.4. The van der Waals surface area contributed by atoms with Gasteiger partial charge in [0, 0.05) is 43.9 Å². The molecule has 0 aliphatic carbocycles. The SMILES string of the molecule is c1ccc(-n2c3ccccc3c3ccc(-c4nc(-c5ccc6ccccc6c5)nc(-c5ccccc5-n5c6ccccc6c6cc7ccccc7cc65)n4)cc32)cc1. The van der Waals surface area contributed by atoms with E-state index in [-0.39, 0.29) is 0 Å². The predicted molar refractivity (Wildman–Crippen MR) is 240 cm³/mol. The van der Waals surface area contributed by atoms with Gasteiger partial charge in [-0.25, -0.2) is 15.0 Å². The van der Waals surface area contributed by atoms with Crippen molar-refractivity contribution in [3.05, 3.63) is 200 Å². The monoisotopic (exact) mass is 739 g/mol. The number of nitrogens with zero attached hydrogens (tertiary/aromatic N) is 5. The Bertz CT molecular complexity index is 3580. The van der Waals surface area contributed by atoms with E-state index < -0.39 is 0 Å². The summed E-state index contributed by atoms with van der Waals surface area (Å²) in [6.07, 6.45) is 0. The second kappa shape index (κ2) is 12.8. The quantitative estimate of drug-likeness (QED) is 0.177. The lowest BCUT2D eigenvalue weighted by molar-refractivity contribution is 1.06. The highest BCUT2D eigenvalue weighted by atomic mass is 15.1. The smallest absolute Gasteiger partial charge is 0.166 e. The van der Waals surface area contributed by atoms with Gasteiger partial charge in [0.1, 0.15) is 0 Å². The minimum absolute atomic E-state index is 0.610. The van der Waals surface area contributed by atoms with Crippen LogP contribution in [0.3, 0.4) is 0 Å². The molecule has 5 heteroatoms. The molecule has 12 rings (SSSR count). The van der Waals surface area contributed by atoms with Gasteiger partial charge in [0.05, 0.1) is 27.8 Å². The molecular weight excluding hydrogens is 707 g/mol. The molecule has 0 unspecified atom stereocenters. The Morgan fingerprint density at radius 2 is 0.810 bits per heavy atom. The van der Waals surface area contributed by atoms with Gasteiger partial charge >= 0.3 is 0 Å². The summed E-state index contributed by atoms with van der Waals surface area (Å²) in [6.45, 7) is 0. The molecule has 0 amide bonds. The van der Waals surface area contributed by atoms with Crippen molar-refractivity contribution in [3.63, 3.8) is 0 Å². The maximum atomic E-state index is 5.36. The Morgan fingerprint density at radius 1 is 0.293 bits per heavy atom. The number of benzene rings is 9. The molecule has 3 aromatic heterocycles. The summed E-state index contributed by atoms with van der Waals surface area (Å²) >= 11 is 0. The van der Waals surface area contributed by atoms with Crippen molar-refractivity contribution in [2.45, 2.75) is 0 Å². The van der Waals surface area contributed by atoms with E-state index in [1.807, 2.05) is 0 Å². The average Bonchev–Trinajstić information content (AvgIpc) is 3.80. The topological polar surface area (TPSA) is 48.5 Å². The first-order valence-corrected chi connectivity index (χ1v) is 19.6. The van der Waals surface area contributed by atoms with Crippen molar-refractivity contribution in [3.8, 4) is 45.5 Å².